The molecule has 0 saturated carbocycles. The Bertz CT molecular complexity index is 1340. The topological polar surface area (TPSA) is 101 Å². The summed E-state index contributed by atoms with van der Waals surface area (Å²) in [5.41, 5.74) is 4.48. The number of aryl methyl sites for hydroxylation is 3. The quantitative estimate of drug-likeness (QED) is 0.278. The predicted octanol–water partition coefficient (Wildman–Crippen LogP) is 3.40. The minimum atomic E-state index is -0.608. The summed E-state index contributed by atoms with van der Waals surface area (Å²) in [5.74, 6) is 0.377. The van der Waals surface area contributed by atoms with Crippen molar-refractivity contribution in [2.45, 2.75) is 40.2 Å². The lowest BCUT2D eigenvalue weighted by molar-refractivity contribution is 0.0472. The maximum absolute atomic E-state index is 12.9. The summed E-state index contributed by atoms with van der Waals surface area (Å²) in [4.78, 5) is 33.8. The third-order valence-corrected chi connectivity index (χ3v) is 5.95. The molecule has 176 valence electrons. The van der Waals surface area contributed by atoms with Crippen molar-refractivity contribution in [1.82, 2.24) is 24.1 Å². The van der Waals surface area contributed by atoms with Crippen molar-refractivity contribution < 1.29 is 19.1 Å². The normalized spacial score (nSPS) is 11.1. The van der Waals surface area contributed by atoms with E-state index >= 15 is 0 Å². The second kappa shape index (κ2) is 9.86. The van der Waals surface area contributed by atoms with Crippen molar-refractivity contribution in [3.05, 3.63) is 76.6 Å². The van der Waals surface area contributed by atoms with Crippen LogP contribution in [0.5, 0.6) is 5.75 Å². The van der Waals surface area contributed by atoms with E-state index in [0.717, 1.165) is 30.1 Å². The monoisotopic (exact) mass is 461 g/mol. The van der Waals surface area contributed by atoms with Gasteiger partial charge in [-0.2, -0.15) is 10.1 Å². The highest BCUT2D eigenvalue weighted by atomic mass is 16.5. The number of aromatic nitrogens is 5. The zero-order valence-corrected chi connectivity index (χ0v) is 19.7. The highest BCUT2D eigenvalue weighted by Crippen LogP contribution is 2.19. The summed E-state index contributed by atoms with van der Waals surface area (Å²) >= 11 is 0. The van der Waals surface area contributed by atoms with Crippen LogP contribution in [0.1, 0.15) is 50.3 Å². The summed E-state index contributed by atoms with van der Waals surface area (Å²) in [7, 11) is 1.65. The van der Waals surface area contributed by atoms with E-state index in [1.54, 1.807) is 7.11 Å². The number of carbonyl (C=O) groups is 2. The number of methoxy groups -OCH3 is 1. The molecule has 0 aliphatic rings. The van der Waals surface area contributed by atoms with Crippen molar-refractivity contribution >= 4 is 17.5 Å². The van der Waals surface area contributed by atoms with Crippen LogP contribution in [0, 0.1) is 13.8 Å². The van der Waals surface area contributed by atoms with Crippen LogP contribution >= 0.6 is 0 Å². The number of Topliss-reactive ketones (excluding diaryl/α,β-unsaturated/α-hetero) is 1. The van der Waals surface area contributed by atoms with E-state index in [0.29, 0.717) is 23.5 Å². The zero-order chi connectivity index (χ0) is 24.2. The Labute approximate surface area is 197 Å². The minimum absolute atomic E-state index is 0.245. The Balaban J connectivity index is 1.43. The lowest BCUT2D eigenvalue weighted by Crippen LogP contribution is -2.18. The number of hydrogen-bond donors (Lipinski definition) is 0. The third kappa shape index (κ3) is 4.54. The van der Waals surface area contributed by atoms with E-state index < -0.39 is 5.97 Å². The van der Waals surface area contributed by atoms with Gasteiger partial charge in [-0.25, -0.2) is 14.3 Å². The summed E-state index contributed by atoms with van der Waals surface area (Å²) in [5, 5.41) is 4.11. The lowest BCUT2D eigenvalue weighted by atomic mass is 10.1. The first-order valence-electron chi connectivity index (χ1n) is 11.1. The number of esters is 1. The summed E-state index contributed by atoms with van der Waals surface area (Å²) in [6, 6.07) is 9.80. The zero-order valence-electron chi connectivity index (χ0n) is 19.7. The molecule has 0 bridgehead atoms. The first-order valence-corrected chi connectivity index (χ1v) is 11.1. The largest absolute Gasteiger partial charge is 0.497 e. The van der Waals surface area contributed by atoms with Gasteiger partial charge in [-0.15, -0.1) is 0 Å². The van der Waals surface area contributed by atoms with Gasteiger partial charge in [0.25, 0.3) is 5.78 Å². The molecule has 0 saturated heterocycles. The standard InChI is InChI=1S/C25H27N5O4/c1-5-22-21(13-26-25-27-15-28-30(22)25)24(32)34-14-23(31)20-12-16(2)29(17(20)3)11-10-18-6-8-19(33-4)9-7-18/h6-9,12-13,15H,5,10-11,14H2,1-4H3. The molecule has 9 heteroatoms. The van der Waals surface area contributed by atoms with Crippen LogP contribution in [0.15, 0.2) is 42.9 Å². The van der Waals surface area contributed by atoms with Gasteiger partial charge in [0.2, 0.25) is 5.78 Å². The van der Waals surface area contributed by atoms with E-state index in [-0.39, 0.29) is 18.0 Å². The molecule has 0 fully saturated rings. The van der Waals surface area contributed by atoms with Crippen molar-refractivity contribution in [2.75, 3.05) is 13.7 Å². The molecule has 0 unspecified atom stereocenters. The van der Waals surface area contributed by atoms with E-state index in [9.17, 15) is 9.59 Å². The highest BCUT2D eigenvalue weighted by molar-refractivity contribution is 6.00. The number of nitrogens with zero attached hydrogens (tertiary/aromatic N) is 5. The molecular weight excluding hydrogens is 434 g/mol. The SMILES string of the molecule is CCc1c(C(=O)OCC(=O)c2cc(C)n(CCc3ccc(OC)cc3)c2C)cnc2ncnn12. The highest BCUT2D eigenvalue weighted by Gasteiger charge is 2.21. The fraction of sp³-hybridized carbons (Fsp3) is 0.320. The molecule has 4 rings (SSSR count). The summed E-state index contributed by atoms with van der Waals surface area (Å²) in [6.45, 7) is 6.17. The fourth-order valence-corrected chi connectivity index (χ4v) is 4.08. The lowest BCUT2D eigenvalue weighted by Gasteiger charge is -2.11. The number of fused-ring (bicyclic) bond motifs is 1. The van der Waals surface area contributed by atoms with Gasteiger partial charge in [-0.3, -0.25) is 4.79 Å². The van der Waals surface area contributed by atoms with Crippen molar-refractivity contribution in [2.24, 2.45) is 0 Å². The van der Waals surface area contributed by atoms with E-state index in [1.807, 2.05) is 51.1 Å². The van der Waals surface area contributed by atoms with E-state index in [2.05, 4.69) is 19.6 Å². The molecule has 4 aromatic rings. The van der Waals surface area contributed by atoms with Crippen LogP contribution in [0.2, 0.25) is 0 Å². The number of ketones is 1. The molecule has 1 aromatic carbocycles. The number of carbonyl (C=O) groups excluding carboxylic acids is 2. The average molecular weight is 462 g/mol. The van der Waals surface area contributed by atoms with Gasteiger partial charge < -0.3 is 14.0 Å². The van der Waals surface area contributed by atoms with Crippen LogP contribution < -0.4 is 4.74 Å². The molecule has 0 aliphatic carbocycles. The van der Waals surface area contributed by atoms with Crippen LogP contribution in [-0.4, -0.2) is 49.6 Å². The third-order valence-electron chi connectivity index (χ3n) is 5.95. The van der Waals surface area contributed by atoms with Gasteiger partial charge in [0, 0.05) is 29.7 Å². The smallest absolute Gasteiger partial charge is 0.342 e. The molecule has 9 nitrogen and oxygen atoms in total. The Morgan fingerprint density at radius 1 is 1.06 bits per heavy atom. The maximum Gasteiger partial charge on any atom is 0.342 e. The van der Waals surface area contributed by atoms with Gasteiger partial charge in [0.05, 0.1) is 18.4 Å². The molecule has 0 amide bonds. The van der Waals surface area contributed by atoms with Crippen molar-refractivity contribution in [3.63, 3.8) is 0 Å². The minimum Gasteiger partial charge on any atom is -0.497 e. The van der Waals surface area contributed by atoms with Gasteiger partial charge in [-0.05, 0) is 50.5 Å². The Kier molecular flexibility index (Phi) is 6.72. The van der Waals surface area contributed by atoms with Gasteiger partial charge in [0.15, 0.2) is 6.61 Å². The molecule has 34 heavy (non-hydrogen) atoms. The van der Waals surface area contributed by atoms with Crippen molar-refractivity contribution in [1.29, 1.82) is 0 Å². The number of benzene rings is 1. The van der Waals surface area contributed by atoms with Crippen molar-refractivity contribution in [3.8, 4) is 5.75 Å². The maximum atomic E-state index is 12.9. The van der Waals surface area contributed by atoms with Crippen LogP contribution in [-0.2, 0) is 24.1 Å². The average Bonchev–Trinajstić information content (AvgIpc) is 3.44. The molecule has 0 spiro atoms. The second-order valence-corrected chi connectivity index (χ2v) is 7.98. The fourth-order valence-electron chi connectivity index (χ4n) is 4.08. The van der Waals surface area contributed by atoms with Gasteiger partial charge >= 0.3 is 5.97 Å². The van der Waals surface area contributed by atoms with E-state index in [1.165, 1.54) is 22.6 Å². The first kappa shape index (κ1) is 23.2. The molecule has 0 aliphatic heterocycles. The predicted molar refractivity (Wildman–Crippen MR) is 125 cm³/mol. The summed E-state index contributed by atoms with van der Waals surface area (Å²) < 4.78 is 14.2. The molecule has 3 heterocycles. The Hall–Kier alpha value is -4.01. The number of rotatable bonds is 9. The first-order chi connectivity index (χ1) is 16.4. The molecule has 3 aromatic heterocycles. The molecule has 0 atom stereocenters. The van der Waals surface area contributed by atoms with Gasteiger partial charge in [0.1, 0.15) is 12.1 Å². The van der Waals surface area contributed by atoms with Crippen LogP contribution in [0.3, 0.4) is 0 Å². The summed E-state index contributed by atoms with van der Waals surface area (Å²) in [6.07, 6.45) is 4.15. The molecule has 0 N–H and O–H groups in total. The molecular formula is C25H27N5O4. The van der Waals surface area contributed by atoms with E-state index in [4.69, 9.17) is 9.47 Å². The number of ether oxygens (including phenoxy) is 2. The Morgan fingerprint density at radius 3 is 2.53 bits per heavy atom. The number of hydrogen-bond acceptors (Lipinski definition) is 7. The van der Waals surface area contributed by atoms with Crippen LogP contribution in [0.25, 0.3) is 5.78 Å². The second-order valence-electron chi connectivity index (χ2n) is 7.98. The molecule has 0 radical (unpaired) electrons. The van der Waals surface area contributed by atoms with Crippen LogP contribution in [0.4, 0.5) is 0 Å². The van der Waals surface area contributed by atoms with Gasteiger partial charge in [-0.1, -0.05) is 19.1 Å². The Morgan fingerprint density at radius 2 is 1.82 bits per heavy atom.